The number of rotatable bonds is 7. The fraction of sp³-hybridized carbons (Fsp3) is 0.708. The molecule has 0 unspecified atom stereocenters. The van der Waals surface area contributed by atoms with E-state index in [1.807, 2.05) is 6.07 Å². The first kappa shape index (κ1) is 27.2. The Hall–Kier alpha value is -1.89. The van der Waals surface area contributed by atoms with Crippen molar-refractivity contribution in [3.63, 3.8) is 0 Å². The monoisotopic (exact) mass is 532 g/mol. The van der Waals surface area contributed by atoms with Gasteiger partial charge in [-0.3, -0.25) is 0 Å². The van der Waals surface area contributed by atoms with E-state index in [-0.39, 0.29) is 43.5 Å². The van der Waals surface area contributed by atoms with Gasteiger partial charge in [-0.1, -0.05) is 12.1 Å². The summed E-state index contributed by atoms with van der Waals surface area (Å²) < 4.78 is 75.1. The van der Waals surface area contributed by atoms with Crippen molar-refractivity contribution in [2.75, 3.05) is 46.9 Å². The molecule has 2 saturated heterocycles. The zero-order chi connectivity index (χ0) is 26.1. The zero-order valence-electron chi connectivity index (χ0n) is 20.7. The molecule has 202 valence electrons. The van der Waals surface area contributed by atoms with Crippen LogP contribution in [0.2, 0.25) is 0 Å². The number of ether oxygens (including phenoxy) is 1. The van der Waals surface area contributed by atoms with Crippen molar-refractivity contribution < 1.29 is 31.1 Å². The predicted octanol–water partition coefficient (Wildman–Crippen LogP) is 3.03. The Labute approximate surface area is 210 Å². The van der Waals surface area contributed by atoms with Crippen LogP contribution in [0.15, 0.2) is 24.3 Å². The van der Waals surface area contributed by atoms with Crippen LogP contribution in [0.5, 0.6) is 0 Å². The van der Waals surface area contributed by atoms with Gasteiger partial charge in [0, 0.05) is 39.1 Å². The first-order valence-corrected chi connectivity index (χ1v) is 13.9. The van der Waals surface area contributed by atoms with Gasteiger partial charge in [0.15, 0.2) is 0 Å². The highest BCUT2D eigenvalue weighted by molar-refractivity contribution is 7.87. The van der Waals surface area contributed by atoms with E-state index in [2.05, 4.69) is 4.72 Å². The van der Waals surface area contributed by atoms with Crippen LogP contribution in [0.3, 0.4) is 0 Å². The lowest BCUT2D eigenvalue weighted by molar-refractivity contribution is -0.115. The number of amides is 2. The standard InChI is InChI=1S/C24H35F3N4O4S/c1-29(2)36(33,34)28-22-10-11-30(23(32)31-15-24(26,27)16-31)13-19(22)14-35-21-8-6-17(7-9-21)18-4-3-5-20(25)12-18/h3-5,12,17,19,21-22,28H,6-11,13-16H2,1-2H3/t17?,19-,21?,22-/m0/s1. The van der Waals surface area contributed by atoms with E-state index in [1.54, 1.807) is 12.1 Å². The van der Waals surface area contributed by atoms with Crippen LogP contribution in [-0.4, -0.2) is 93.5 Å². The molecule has 3 fully saturated rings. The van der Waals surface area contributed by atoms with Crippen LogP contribution in [0.1, 0.15) is 43.6 Å². The van der Waals surface area contributed by atoms with Crippen LogP contribution in [0.4, 0.5) is 18.0 Å². The molecular weight excluding hydrogens is 497 g/mol. The fourth-order valence-electron chi connectivity index (χ4n) is 5.26. The molecular formula is C24H35F3N4O4S. The van der Waals surface area contributed by atoms with E-state index in [4.69, 9.17) is 4.74 Å². The molecule has 1 aliphatic carbocycles. The molecule has 36 heavy (non-hydrogen) atoms. The molecule has 0 radical (unpaired) electrons. The number of piperidine rings is 1. The molecule has 2 amide bonds. The Bertz CT molecular complexity index is 1030. The molecule has 1 aromatic carbocycles. The van der Waals surface area contributed by atoms with Crippen LogP contribution >= 0.6 is 0 Å². The maximum Gasteiger partial charge on any atom is 0.320 e. The number of nitrogens with one attached hydrogen (secondary N) is 1. The van der Waals surface area contributed by atoms with E-state index in [9.17, 15) is 26.4 Å². The molecule has 4 rings (SSSR count). The van der Waals surface area contributed by atoms with E-state index < -0.39 is 41.3 Å². The summed E-state index contributed by atoms with van der Waals surface area (Å²) in [6, 6.07) is 5.79. The minimum Gasteiger partial charge on any atom is -0.378 e. The van der Waals surface area contributed by atoms with E-state index in [0.717, 1.165) is 40.5 Å². The molecule has 2 aliphatic heterocycles. The molecule has 0 bridgehead atoms. The fourth-order valence-corrected chi connectivity index (χ4v) is 6.16. The molecule has 2 atom stereocenters. The second-order valence-corrected chi connectivity index (χ2v) is 12.3. The minimum atomic E-state index is -3.69. The van der Waals surface area contributed by atoms with Crippen molar-refractivity contribution in [1.82, 2.24) is 18.8 Å². The third-order valence-corrected chi connectivity index (χ3v) is 9.00. The van der Waals surface area contributed by atoms with Gasteiger partial charge in [0.2, 0.25) is 0 Å². The highest BCUT2D eigenvalue weighted by atomic mass is 32.2. The van der Waals surface area contributed by atoms with Gasteiger partial charge in [-0.25, -0.2) is 18.0 Å². The predicted molar refractivity (Wildman–Crippen MR) is 128 cm³/mol. The van der Waals surface area contributed by atoms with E-state index in [0.29, 0.717) is 6.42 Å². The smallest absolute Gasteiger partial charge is 0.320 e. The molecule has 12 heteroatoms. The van der Waals surface area contributed by atoms with Gasteiger partial charge in [-0.15, -0.1) is 0 Å². The van der Waals surface area contributed by atoms with Gasteiger partial charge in [-0.05, 0) is 55.7 Å². The summed E-state index contributed by atoms with van der Waals surface area (Å²) in [6.45, 7) is -0.434. The summed E-state index contributed by atoms with van der Waals surface area (Å²) in [4.78, 5) is 15.4. The molecule has 1 aromatic rings. The third-order valence-electron chi connectivity index (χ3n) is 7.44. The van der Waals surface area contributed by atoms with Crippen LogP contribution in [0, 0.1) is 11.7 Å². The molecule has 0 aromatic heterocycles. The molecule has 0 spiro atoms. The number of likely N-dealkylation sites (tertiary alicyclic amines) is 2. The normalized spacial score (nSPS) is 28.7. The number of nitrogens with zero attached hydrogens (tertiary/aromatic N) is 3. The quantitative estimate of drug-likeness (QED) is 0.586. The van der Waals surface area contributed by atoms with Crippen LogP contribution in [0.25, 0.3) is 0 Å². The van der Waals surface area contributed by atoms with Gasteiger partial charge in [0.05, 0.1) is 25.8 Å². The first-order chi connectivity index (χ1) is 16.9. The summed E-state index contributed by atoms with van der Waals surface area (Å²) in [7, 11) is -0.818. The van der Waals surface area contributed by atoms with Gasteiger partial charge in [0.25, 0.3) is 16.1 Å². The molecule has 1 saturated carbocycles. The third kappa shape index (κ3) is 6.51. The van der Waals surface area contributed by atoms with Gasteiger partial charge < -0.3 is 14.5 Å². The van der Waals surface area contributed by atoms with E-state index >= 15 is 0 Å². The van der Waals surface area contributed by atoms with Gasteiger partial charge in [0.1, 0.15) is 5.82 Å². The Morgan fingerprint density at radius 3 is 2.44 bits per heavy atom. The average molecular weight is 533 g/mol. The SMILES string of the molecule is CN(C)S(=O)(=O)N[C@H]1CCN(C(=O)N2CC(F)(F)C2)C[C@H]1COC1CCC(c2cccc(F)c2)CC1. The number of carbonyl (C=O) groups is 1. The summed E-state index contributed by atoms with van der Waals surface area (Å²) in [6.07, 6.45) is 3.68. The number of hydrogen-bond donors (Lipinski definition) is 1. The van der Waals surface area contributed by atoms with Crippen molar-refractivity contribution in [3.8, 4) is 0 Å². The lowest BCUT2D eigenvalue weighted by atomic mass is 9.82. The number of hydrogen-bond acceptors (Lipinski definition) is 4. The highest BCUT2D eigenvalue weighted by Crippen LogP contribution is 2.35. The maximum absolute atomic E-state index is 13.6. The second-order valence-electron chi connectivity index (χ2n) is 10.4. The largest absolute Gasteiger partial charge is 0.378 e. The van der Waals surface area contributed by atoms with Crippen molar-refractivity contribution in [2.45, 2.75) is 56.1 Å². The molecule has 8 nitrogen and oxygen atoms in total. The Morgan fingerprint density at radius 2 is 1.83 bits per heavy atom. The number of urea groups is 1. The second kappa shape index (κ2) is 10.8. The number of alkyl halides is 2. The summed E-state index contributed by atoms with van der Waals surface area (Å²) in [5, 5.41) is 0. The summed E-state index contributed by atoms with van der Waals surface area (Å²) in [5.41, 5.74) is 0.990. The van der Waals surface area contributed by atoms with Crippen LogP contribution < -0.4 is 4.72 Å². The molecule has 1 N–H and O–H groups in total. The lowest BCUT2D eigenvalue weighted by Crippen LogP contribution is -2.64. The minimum absolute atomic E-state index is 0.0129. The van der Waals surface area contributed by atoms with Crippen molar-refractivity contribution >= 4 is 16.2 Å². The van der Waals surface area contributed by atoms with Crippen LogP contribution in [-0.2, 0) is 14.9 Å². The van der Waals surface area contributed by atoms with Crippen molar-refractivity contribution in [1.29, 1.82) is 0 Å². The number of benzene rings is 1. The Balaban J connectivity index is 1.35. The maximum atomic E-state index is 13.6. The number of halogens is 3. The zero-order valence-corrected chi connectivity index (χ0v) is 21.5. The summed E-state index contributed by atoms with van der Waals surface area (Å²) >= 11 is 0. The summed E-state index contributed by atoms with van der Waals surface area (Å²) in [5.74, 6) is -3.13. The highest BCUT2D eigenvalue weighted by Gasteiger charge is 2.48. The van der Waals surface area contributed by atoms with Crippen molar-refractivity contribution in [2.24, 2.45) is 5.92 Å². The average Bonchev–Trinajstić information content (AvgIpc) is 2.81. The Morgan fingerprint density at radius 1 is 1.14 bits per heavy atom. The lowest BCUT2D eigenvalue weighted by Gasteiger charge is -2.45. The van der Waals surface area contributed by atoms with Gasteiger partial charge >= 0.3 is 6.03 Å². The number of carbonyl (C=O) groups excluding carboxylic acids is 1. The van der Waals surface area contributed by atoms with E-state index in [1.165, 1.54) is 25.1 Å². The van der Waals surface area contributed by atoms with Crippen molar-refractivity contribution in [3.05, 3.63) is 35.6 Å². The molecule has 2 heterocycles. The molecule has 3 aliphatic rings. The van der Waals surface area contributed by atoms with Gasteiger partial charge in [-0.2, -0.15) is 17.4 Å². The Kier molecular flexibility index (Phi) is 8.18. The topological polar surface area (TPSA) is 82.2 Å². The first-order valence-electron chi connectivity index (χ1n) is 12.4.